The van der Waals surface area contributed by atoms with Gasteiger partial charge in [-0.3, -0.25) is 4.79 Å². The minimum Gasteiger partial charge on any atom is -0.344 e. The van der Waals surface area contributed by atoms with E-state index in [0.717, 1.165) is 31.3 Å². The van der Waals surface area contributed by atoms with Crippen molar-refractivity contribution < 1.29 is 0 Å². The third-order valence-corrected chi connectivity index (χ3v) is 4.35. The topological polar surface area (TPSA) is 53.7 Å². The second-order valence-corrected chi connectivity index (χ2v) is 6.03. The predicted molar refractivity (Wildman–Crippen MR) is 74.5 cm³/mol. The van der Waals surface area contributed by atoms with E-state index < -0.39 is 0 Å². The van der Waals surface area contributed by atoms with Gasteiger partial charge in [-0.25, -0.2) is 4.98 Å². The highest BCUT2D eigenvalue weighted by atomic mass is 79.9. The van der Waals surface area contributed by atoms with Gasteiger partial charge in [-0.15, -0.1) is 5.10 Å². The molecule has 96 valence electrons. The second kappa shape index (κ2) is 4.60. The smallest absolute Gasteiger partial charge is 0.276 e. The molecule has 3 heterocycles. The SMILES string of the molecule is CN1CCN(c2nn3c(=O)cc(Br)nc3s2)CC1. The molecule has 8 heteroatoms. The van der Waals surface area contributed by atoms with E-state index in [1.807, 2.05) is 0 Å². The van der Waals surface area contributed by atoms with Crippen LogP contribution in [0.1, 0.15) is 0 Å². The van der Waals surface area contributed by atoms with Crippen LogP contribution in [0.2, 0.25) is 0 Å². The maximum Gasteiger partial charge on any atom is 0.276 e. The first-order valence-corrected chi connectivity index (χ1v) is 7.24. The molecule has 1 aliphatic heterocycles. The first-order valence-electron chi connectivity index (χ1n) is 5.63. The Kier molecular flexibility index (Phi) is 3.08. The van der Waals surface area contributed by atoms with Gasteiger partial charge in [0.05, 0.1) is 0 Å². The van der Waals surface area contributed by atoms with Crippen molar-refractivity contribution in [2.24, 2.45) is 0 Å². The van der Waals surface area contributed by atoms with Gasteiger partial charge in [0.1, 0.15) is 4.60 Å². The third-order valence-electron chi connectivity index (χ3n) is 2.98. The summed E-state index contributed by atoms with van der Waals surface area (Å²) in [6.07, 6.45) is 0. The molecule has 0 saturated carbocycles. The van der Waals surface area contributed by atoms with Crippen molar-refractivity contribution >= 4 is 37.4 Å². The maximum absolute atomic E-state index is 11.8. The highest BCUT2D eigenvalue weighted by Gasteiger charge is 2.18. The Morgan fingerprint density at radius 3 is 2.78 bits per heavy atom. The van der Waals surface area contributed by atoms with Gasteiger partial charge in [-0.2, -0.15) is 4.52 Å². The van der Waals surface area contributed by atoms with Gasteiger partial charge in [0.2, 0.25) is 10.1 Å². The summed E-state index contributed by atoms with van der Waals surface area (Å²) in [5.41, 5.74) is -0.150. The van der Waals surface area contributed by atoms with Crippen molar-refractivity contribution in [2.45, 2.75) is 0 Å². The Labute approximate surface area is 116 Å². The lowest BCUT2D eigenvalue weighted by Gasteiger charge is -2.31. The lowest BCUT2D eigenvalue weighted by Crippen LogP contribution is -2.44. The molecule has 0 N–H and O–H groups in total. The predicted octanol–water partition coefficient (Wildman–Crippen LogP) is 0.665. The van der Waals surface area contributed by atoms with E-state index >= 15 is 0 Å². The molecular formula is C10H12BrN5OS. The Hall–Kier alpha value is -0.990. The Morgan fingerprint density at radius 2 is 2.06 bits per heavy atom. The number of nitrogens with zero attached hydrogens (tertiary/aromatic N) is 5. The number of piperazine rings is 1. The van der Waals surface area contributed by atoms with Crippen LogP contribution >= 0.6 is 27.3 Å². The fourth-order valence-electron chi connectivity index (χ4n) is 1.90. The number of anilines is 1. The molecule has 1 aliphatic rings. The molecule has 0 spiro atoms. The molecule has 0 amide bonds. The molecule has 2 aromatic rings. The normalized spacial score (nSPS) is 17.6. The molecule has 1 fully saturated rings. The molecule has 0 radical (unpaired) electrons. The van der Waals surface area contributed by atoms with Crippen LogP contribution in [0, 0.1) is 0 Å². The van der Waals surface area contributed by atoms with Crippen molar-refractivity contribution in [1.82, 2.24) is 19.5 Å². The number of halogens is 1. The van der Waals surface area contributed by atoms with Crippen molar-refractivity contribution in [2.75, 3.05) is 38.1 Å². The van der Waals surface area contributed by atoms with E-state index in [1.54, 1.807) is 0 Å². The molecule has 1 saturated heterocycles. The summed E-state index contributed by atoms with van der Waals surface area (Å²) in [5.74, 6) is 0. The van der Waals surface area contributed by atoms with Gasteiger partial charge < -0.3 is 9.80 Å². The average molecular weight is 330 g/mol. The summed E-state index contributed by atoms with van der Waals surface area (Å²) in [7, 11) is 2.11. The van der Waals surface area contributed by atoms with Crippen molar-refractivity contribution in [3.8, 4) is 0 Å². The van der Waals surface area contributed by atoms with E-state index in [2.05, 4.69) is 42.9 Å². The number of aromatic nitrogens is 3. The number of rotatable bonds is 1. The largest absolute Gasteiger partial charge is 0.344 e. The third kappa shape index (κ3) is 2.15. The highest BCUT2D eigenvalue weighted by Crippen LogP contribution is 2.22. The van der Waals surface area contributed by atoms with E-state index in [4.69, 9.17) is 0 Å². The minimum absolute atomic E-state index is 0.150. The number of fused-ring (bicyclic) bond motifs is 1. The van der Waals surface area contributed by atoms with E-state index in [-0.39, 0.29) is 5.56 Å². The summed E-state index contributed by atoms with van der Waals surface area (Å²) < 4.78 is 1.92. The first-order chi connectivity index (χ1) is 8.63. The van der Waals surface area contributed by atoms with Crippen molar-refractivity contribution in [3.05, 3.63) is 21.0 Å². The zero-order chi connectivity index (χ0) is 12.7. The molecule has 2 aromatic heterocycles. The lowest BCUT2D eigenvalue weighted by molar-refractivity contribution is 0.312. The molecule has 6 nitrogen and oxygen atoms in total. The fraction of sp³-hybridized carbons (Fsp3) is 0.500. The summed E-state index contributed by atoms with van der Waals surface area (Å²) in [6.45, 7) is 3.91. The molecule has 3 rings (SSSR count). The standard InChI is InChI=1S/C10H12BrN5OS/c1-14-2-4-15(5-3-14)10-13-16-8(17)6-7(11)12-9(16)18-10/h6H,2-5H2,1H3. The van der Waals surface area contributed by atoms with Crippen LogP contribution in [0.4, 0.5) is 5.13 Å². The molecule has 0 bridgehead atoms. The van der Waals surface area contributed by atoms with Gasteiger partial charge in [-0.1, -0.05) is 11.3 Å². The maximum atomic E-state index is 11.8. The molecule has 0 unspecified atom stereocenters. The van der Waals surface area contributed by atoms with E-state index in [9.17, 15) is 4.79 Å². The molecular weight excluding hydrogens is 318 g/mol. The van der Waals surface area contributed by atoms with Crippen molar-refractivity contribution in [1.29, 1.82) is 0 Å². The van der Waals surface area contributed by atoms with Crippen molar-refractivity contribution in [3.63, 3.8) is 0 Å². The Bertz CT molecular complexity index is 631. The van der Waals surface area contributed by atoms with E-state index in [0.29, 0.717) is 9.56 Å². The van der Waals surface area contributed by atoms with Crippen LogP contribution in [0.15, 0.2) is 15.5 Å². The number of hydrogen-bond donors (Lipinski definition) is 0. The quantitative estimate of drug-likeness (QED) is 0.720. The van der Waals surface area contributed by atoms with Crippen LogP contribution in [-0.4, -0.2) is 52.7 Å². The van der Waals surface area contributed by atoms with Gasteiger partial charge in [0.25, 0.3) is 5.56 Å². The molecule has 0 aromatic carbocycles. The van der Waals surface area contributed by atoms with Gasteiger partial charge >= 0.3 is 0 Å². The minimum atomic E-state index is -0.150. The van der Waals surface area contributed by atoms with Crippen LogP contribution in [0.3, 0.4) is 0 Å². The fourth-order valence-corrected chi connectivity index (χ4v) is 3.34. The highest BCUT2D eigenvalue weighted by molar-refractivity contribution is 9.10. The average Bonchev–Trinajstić information content (AvgIpc) is 2.74. The number of likely N-dealkylation sites (N-methyl/N-ethyl adjacent to an activating group) is 1. The summed E-state index contributed by atoms with van der Waals surface area (Å²) >= 11 is 4.68. The first kappa shape index (κ1) is 12.1. The monoisotopic (exact) mass is 329 g/mol. The van der Waals surface area contributed by atoms with Crippen LogP contribution in [0.5, 0.6) is 0 Å². The zero-order valence-corrected chi connectivity index (χ0v) is 12.2. The number of hydrogen-bond acceptors (Lipinski definition) is 6. The van der Waals surface area contributed by atoms with Gasteiger partial charge in [0.15, 0.2) is 0 Å². The molecule has 18 heavy (non-hydrogen) atoms. The summed E-state index contributed by atoms with van der Waals surface area (Å²) in [4.78, 5) is 21.1. The van der Waals surface area contributed by atoms with Gasteiger partial charge in [0, 0.05) is 32.2 Å². The summed E-state index contributed by atoms with van der Waals surface area (Å²) in [5, 5.41) is 5.22. The lowest BCUT2D eigenvalue weighted by atomic mass is 10.3. The Balaban J connectivity index is 1.98. The van der Waals surface area contributed by atoms with E-state index in [1.165, 1.54) is 21.9 Å². The van der Waals surface area contributed by atoms with Gasteiger partial charge in [-0.05, 0) is 23.0 Å². The second-order valence-electron chi connectivity index (χ2n) is 4.29. The van der Waals surface area contributed by atoms with Crippen LogP contribution in [0.25, 0.3) is 4.96 Å². The van der Waals surface area contributed by atoms with Crippen LogP contribution in [-0.2, 0) is 0 Å². The van der Waals surface area contributed by atoms with Crippen LogP contribution < -0.4 is 10.5 Å². The molecule has 0 aliphatic carbocycles. The Morgan fingerprint density at radius 1 is 1.33 bits per heavy atom. The summed E-state index contributed by atoms with van der Waals surface area (Å²) in [6, 6.07) is 1.43. The zero-order valence-electron chi connectivity index (χ0n) is 9.84. The molecule has 0 atom stereocenters.